The van der Waals surface area contributed by atoms with Crippen LogP contribution >= 0.6 is 23.2 Å². The Labute approximate surface area is 137 Å². The van der Waals surface area contributed by atoms with Crippen molar-refractivity contribution in [3.05, 3.63) is 46.2 Å². The summed E-state index contributed by atoms with van der Waals surface area (Å²) >= 11 is 11.6. The van der Waals surface area contributed by atoms with Gasteiger partial charge in [-0.25, -0.2) is 0 Å². The molecule has 0 aliphatic rings. The highest BCUT2D eigenvalue weighted by Crippen LogP contribution is 2.24. The molecule has 2 N–H and O–H groups in total. The van der Waals surface area contributed by atoms with Crippen LogP contribution in [0.4, 0.5) is 5.69 Å². The minimum atomic E-state index is -0.783. The molecule has 2 rings (SSSR count). The first kappa shape index (κ1) is 16.3. The maximum absolute atomic E-state index is 11.9. The number of carbonyl (C=O) groups is 2. The van der Waals surface area contributed by atoms with Gasteiger partial charge in [0.25, 0.3) is 0 Å². The number of nitrogens with one attached hydrogen (secondary N) is 2. The number of aromatic nitrogens is 2. The minimum Gasteiger partial charge on any atom is -0.341 e. The number of amides is 2. The van der Waals surface area contributed by atoms with Crippen molar-refractivity contribution in [3.63, 3.8) is 0 Å². The Hall–Kier alpha value is -2.05. The molecule has 1 unspecified atom stereocenters. The monoisotopic (exact) mass is 340 g/mol. The number of halogens is 2. The Balaban J connectivity index is 1.97. The Morgan fingerprint density at radius 3 is 2.55 bits per heavy atom. The largest absolute Gasteiger partial charge is 0.341 e. The van der Waals surface area contributed by atoms with Crippen LogP contribution in [0, 0.1) is 0 Å². The van der Waals surface area contributed by atoms with Gasteiger partial charge < -0.3 is 10.6 Å². The van der Waals surface area contributed by atoms with Crippen molar-refractivity contribution in [2.45, 2.75) is 13.0 Å². The summed E-state index contributed by atoms with van der Waals surface area (Å²) in [7, 11) is 1.77. The van der Waals surface area contributed by atoms with Crippen LogP contribution in [-0.4, -0.2) is 21.6 Å². The van der Waals surface area contributed by atoms with E-state index in [1.165, 1.54) is 12.1 Å². The molecule has 6 nitrogen and oxygen atoms in total. The Bertz CT molecular complexity index is 715. The molecule has 1 heterocycles. The highest BCUT2D eigenvalue weighted by molar-refractivity contribution is 6.43. The number of aryl methyl sites for hydroxylation is 1. The van der Waals surface area contributed by atoms with Crippen molar-refractivity contribution in [2.24, 2.45) is 7.05 Å². The van der Waals surface area contributed by atoms with Crippen molar-refractivity contribution in [1.29, 1.82) is 0 Å². The lowest BCUT2D eigenvalue weighted by atomic mass is 10.2. The van der Waals surface area contributed by atoms with Gasteiger partial charge in [0.15, 0.2) is 0 Å². The molecular weight excluding hydrogens is 327 g/mol. The quantitative estimate of drug-likeness (QED) is 0.843. The molecular formula is C14H14Cl2N4O2. The first-order valence-corrected chi connectivity index (χ1v) is 7.18. The second-order valence-electron chi connectivity index (χ2n) is 4.73. The highest BCUT2D eigenvalue weighted by atomic mass is 35.5. The van der Waals surface area contributed by atoms with Gasteiger partial charge in [0.2, 0.25) is 0 Å². The van der Waals surface area contributed by atoms with E-state index >= 15 is 0 Å². The van der Waals surface area contributed by atoms with Gasteiger partial charge in [0.1, 0.15) is 0 Å². The first-order valence-electron chi connectivity index (χ1n) is 6.42. The SMILES string of the molecule is CC(NC(=O)C(=O)Nc1ccc(Cl)c(Cl)c1)c1cnn(C)c1. The van der Waals surface area contributed by atoms with E-state index in [2.05, 4.69) is 15.7 Å². The molecule has 0 bridgehead atoms. The summed E-state index contributed by atoms with van der Waals surface area (Å²) in [5.74, 6) is -1.53. The fraction of sp³-hybridized carbons (Fsp3) is 0.214. The van der Waals surface area contributed by atoms with Gasteiger partial charge in [0.05, 0.1) is 22.3 Å². The third-order valence-electron chi connectivity index (χ3n) is 2.96. The van der Waals surface area contributed by atoms with Crippen molar-refractivity contribution in [2.75, 3.05) is 5.32 Å². The molecule has 0 aliphatic heterocycles. The number of benzene rings is 1. The van der Waals surface area contributed by atoms with Crippen LogP contribution in [0.25, 0.3) is 0 Å². The number of hydrogen-bond donors (Lipinski definition) is 2. The molecule has 0 fully saturated rings. The van der Waals surface area contributed by atoms with E-state index in [1.807, 2.05) is 0 Å². The molecule has 2 aromatic rings. The van der Waals surface area contributed by atoms with Crippen molar-refractivity contribution >= 4 is 40.7 Å². The van der Waals surface area contributed by atoms with E-state index in [4.69, 9.17) is 23.2 Å². The van der Waals surface area contributed by atoms with E-state index in [0.717, 1.165) is 5.56 Å². The fourth-order valence-corrected chi connectivity index (χ4v) is 2.07. The standard InChI is InChI=1S/C14H14Cl2N4O2/c1-8(9-6-17-20(2)7-9)18-13(21)14(22)19-10-3-4-11(15)12(16)5-10/h3-8H,1-2H3,(H,18,21)(H,19,22). The number of carbonyl (C=O) groups excluding carboxylic acids is 2. The summed E-state index contributed by atoms with van der Waals surface area (Å²) in [5, 5.41) is 9.73. The molecule has 1 atom stereocenters. The molecule has 22 heavy (non-hydrogen) atoms. The van der Waals surface area contributed by atoms with Crippen LogP contribution in [0.3, 0.4) is 0 Å². The second-order valence-corrected chi connectivity index (χ2v) is 5.54. The van der Waals surface area contributed by atoms with Gasteiger partial charge in [-0.1, -0.05) is 23.2 Å². The summed E-state index contributed by atoms with van der Waals surface area (Å²) in [5.41, 5.74) is 1.20. The Morgan fingerprint density at radius 2 is 1.95 bits per heavy atom. The zero-order valence-electron chi connectivity index (χ0n) is 11.9. The zero-order chi connectivity index (χ0) is 16.3. The van der Waals surface area contributed by atoms with E-state index in [-0.39, 0.29) is 6.04 Å². The summed E-state index contributed by atoms with van der Waals surface area (Å²) in [6.45, 7) is 1.77. The maximum Gasteiger partial charge on any atom is 0.313 e. The van der Waals surface area contributed by atoms with E-state index in [0.29, 0.717) is 15.7 Å². The molecule has 1 aromatic carbocycles. The lowest BCUT2D eigenvalue weighted by Crippen LogP contribution is -2.36. The van der Waals surface area contributed by atoms with E-state index < -0.39 is 11.8 Å². The molecule has 116 valence electrons. The predicted molar refractivity (Wildman–Crippen MR) is 84.9 cm³/mol. The summed E-state index contributed by atoms with van der Waals surface area (Å²) in [6, 6.07) is 4.24. The van der Waals surface area contributed by atoms with Crippen molar-refractivity contribution in [1.82, 2.24) is 15.1 Å². The van der Waals surface area contributed by atoms with E-state index in [1.54, 1.807) is 37.1 Å². The predicted octanol–water partition coefficient (Wildman–Crippen LogP) is 2.54. The van der Waals surface area contributed by atoms with Gasteiger partial charge in [-0.05, 0) is 25.1 Å². The topological polar surface area (TPSA) is 76.0 Å². The van der Waals surface area contributed by atoms with Crippen LogP contribution in [-0.2, 0) is 16.6 Å². The lowest BCUT2D eigenvalue weighted by Gasteiger charge is -2.12. The molecule has 0 spiro atoms. The fourth-order valence-electron chi connectivity index (χ4n) is 1.77. The summed E-state index contributed by atoms with van der Waals surface area (Å²) in [6.07, 6.45) is 3.39. The summed E-state index contributed by atoms with van der Waals surface area (Å²) < 4.78 is 1.62. The smallest absolute Gasteiger partial charge is 0.313 e. The molecule has 2 amide bonds. The average molecular weight is 341 g/mol. The van der Waals surface area contributed by atoms with Crippen LogP contribution in [0.2, 0.25) is 10.0 Å². The Morgan fingerprint density at radius 1 is 1.23 bits per heavy atom. The second kappa shape index (κ2) is 6.81. The third kappa shape index (κ3) is 3.99. The van der Waals surface area contributed by atoms with Crippen molar-refractivity contribution < 1.29 is 9.59 Å². The summed E-state index contributed by atoms with van der Waals surface area (Å²) in [4.78, 5) is 23.7. The normalized spacial score (nSPS) is 11.8. The van der Waals surface area contributed by atoms with Gasteiger partial charge >= 0.3 is 11.8 Å². The molecule has 0 saturated heterocycles. The van der Waals surface area contributed by atoms with Crippen LogP contribution < -0.4 is 10.6 Å². The Kier molecular flexibility index (Phi) is 5.05. The number of hydrogen-bond acceptors (Lipinski definition) is 3. The van der Waals surface area contributed by atoms with Gasteiger partial charge in [-0.2, -0.15) is 5.10 Å². The maximum atomic E-state index is 11.9. The highest BCUT2D eigenvalue weighted by Gasteiger charge is 2.18. The zero-order valence-corrected chi connectivity index (χ0v) is 13.4. The average Bonchev–Trinajstić information content (AvgIpc) is 2.89. The van der Waals surface area contributed by atoms with Gasteiger partial charge in [-0.15, -0.1) is 0 Å². The number of rotatable bonds is 3. The lowest BCUT2D eigenvalue weighted by molar-refractivity contribution is -0.136. The molecule has 1 aromatic heterocycles. The van der Waals surface area contributed by atoms with E-state index in [9.17, 15) is 9.59 Å². The number of nitrogens with zero attached hydrogens (tertiary/aromatic N) is 2. The molecule has 0 aliphatic carbocycles. The third-order valence-corrected chi connectivity index (χ3v) is 3.70. The van der Waals surface area contributed by atoms with Gasteiger partial charge in [0, 0.05) is 24.5 Å². The van der Waals surface area contributed by atoms with Crippen LogP contribution in [0.5, 0.6) is 0 Å². The minimum absolute atomic E-state index is 0.295. The molecule has 0 radical (unpaired) electrons. The van der Waals surface area contributed by atoms with Gasteiger partial charge in [-0.3, -0.25) is 14.3 Å². The number of anilines is 1. The van der Waals surface area contributed by atoms with Crippen molar-refractivity contribution in [3.8, 4) is 0 Å². The molecule has 8 heteroatoms. The van der Waals surface area contributed by atoms with Crippen LogP contribution in [0.15, 0.2) is 30.6 Å². The molecule has 0 saturated carbocycles. The van der Waals surface area contributed by atoms with Crippen LogP contribution in [0.1, 0.15) is 18.5 Å². The first-order chi connectivity index (χ1) is 10.4.